The van der Waals surface area contributed by atoms with Crippen molar-refractivity contribution in [3.63, 3.8) is 0 Å². The van der Waals surface area contributed by atoms with E-state index < -0.39 is 97.5 Å². The molecule has 0 aliphatic carbocycles. The van der Waals surface area contributed by atoms with Crippen LogP contribution in [0.2, 0.25) is 0 Å². The molecule has 0 aromatic heterocycles. The molecule has 0 amide bonds. The lowest BCUT2D eigenvalue weighted by Gasteiger charge is -2.21. The third kappa shape index (κ3) is 61.6. The Bertz CT molecular complexity index is 1720. The molecule has 3 N–H and O–H groups in total. The summed E-state index contributed by atoms with van der Waals surface area (Å²) in [4.78, 5) is 72.2. The van der Waals surface area contributed by atoms with Gasteiger partial charge in [0.1, 0.15) is 19.3 Å². The maximum absolute atomic E-state index is 13.0. The minimum atomic E-state index is -4.95. The Kier molecular flexibility index (Phi) is 59.9. The summed E-state index contributed by atoms with van der Waals surface area (Å²) in [5.41, 5.74) is 0. The summed E-state index contributed by atoms with van der Waals surface area (Å²) in [6.07, 6.45) is 46.3. The summed E-state index contributed by atoms with van der Waals surface area (Å²) < 4.78 is 68.0. The molecule has 0 bridgehead atoms. The van der Waals surface area contributed by atoms with Gasteiger partial charge in [-0.3, -0.25) is 37.3 Å². The van der Waals surface area contributed by atoms with Crippen molar-refractivity contribution in [1.82, 2.24) is 0 Å². The molecule has 522 valence electrons. The van der Waals surface area contributed by atoms with Crippen LogP contribution < -0.4 is 0 Å². The summed E-state index contributed by atoms with van der Waals surface area (Å²) in [5, 5.41) is 10.5. The second kappa shape index (κ2) is 61.3. The zero-order chi connectivity index (χ0) is 65.0. The summed E-state index contributed by atoms with van der Waals surface area (Å²) in [5.74, 6) is -0.615. The molecule has 0 spiro atoms. The van der Waals surface area contributed by atoms with Gasteiger partial charge in [0, 0.05) is 25.7 Å². The van der Waals surface area contributed by atoms with Gasteiger partial charge in [-0.1, -0.05) is 298 Å². The molecule has 17 nitrogen and oxygen atoms in total. The number of esters is 4. The summed E-state index contributed by atoms with van der Waals surface area (Å²) in [6, 6.07) is 0. The molecule has 0 aromatic rings. The molecule has 0 rings (SSSR count). The second-order valence-electron chi connectivity index (χ2n) is 25.6. The lowest BCUT2D eigenvalue weighted by Crippen LogP contribution is -2.30. The van der Waals surface area contributed by atoms with E-state index in [0.29, 0.717) is 25.7 Å². The first-order chi connectivity index (χ1) is 42.4. The second-order valence-corrected chi connectivity index (χ2v) is 28.5. The van der Waals surface area contributed by atoms with Gasteiger partial charge in [-0.25, -0.2) is 9.13 Å². The number of aliphatic hydroxyl groups excluding tert-OH is 1. The van der Waals surface area contributed by atoms with E-state index in [1.807, 2.05) is 0 Å². The highest BCUT2D eigenvalue weighted by molar-refractivity contribution is 7.47. The van der Waals surface area contributed by atoms with Crippen LogP contribution in [0.15, 0.2) is 0 Å². The fourth-order valence-electron chi connectivity index (χ4n) is 10.4. The van der Waals surface area contributed by atoms with E-state index in [1.54, 1.807) is 0 Å². The quantitative estimate of drug-likeness (QED) is 0.0222. The van der Waals surface area contributed by atoms with Crippen LogP contribution in [0.3, 0.4) is 0 Å². The topological polar surface area (TPSA) is 237 Å². The molecule has 0 fully saturated rings. The zero-order valence-electron chi connectivity index (χ0n) is 57.0. The molecule has 0 radical (unpaired) electrons. The average molecular weight is 1300 g/mol. The lowest BCUT2D eigenvalue weighted by molar-refractivity contribution is -0.161. The normalized spacial score (nSPS) is 14.5. The van der Waals surface area contributed by atoms with Crippen LogP contribution in [0.1, 0.15) is 350 Å². The Morgan fingerprint density at radius 1 is 0.330 bits per heavy atom. The van der Waals surface area contributed by atoms with Crippen molar-refractivity contribution in [3.8, 4) is 0 Å². The number of carbonyl (C=O) groups excluding carboxylic acids is 4. The van der Waals surface area contributed by atoms with Crippen LogP contribution in [-0.4, -0.2) is 96.7 Å². The van der Waals surface area contributed by atoms with Gasteiger partial charge in [-0.05, 0) is 37.5 Å². The Morgan fingerprint density at radius 2 is 0.580 bits per heavy atom. The van der Waals surface area contributed by atoms with E-state index in [4.69, 9.17) is 37.0 Å². The average Bonchev–Trinajstić information content (AvgIpc) is 3.71. The number of ether oxygens (including phenoxy) is 4. The standard InChI is InChI=1S/C69H134O17P2/c1-7-10-12-14-15-16-17-18-20-24-27-30-33-40-46-52-67(72)80-58-65(85-68(73)53-47-41-34-31-28-25-22-19-21-23-26-29-32-38-43-49-61(4)5)60-84-88(77,78)82-56-63(70)55-81-87(75,76)83-59-64(57-79-66(71)51-45-37-13-11-8-2)86-69(74)54-48-42-36-35-39-44-50-62(6)9-3/h61-65,70H,7-60H2,1-6H3,(H,75,76)(H,77,78)/t62?,63-,64+,65+/m0/s1. The molecule has 0 aromatic carbocycles. The van der Waals surface area contributed by atoms with Gasteiger partial charge in [0.2, 0.25) is 0 Å². The summed E-state index contributed by atoms with van der Waals surface area (Å²) in [7, 11) is -9.89. The van der Waals surface area contributed by atoms with Gasteiger partial charge in [0.15, 0.2) is 12.2 Å². The van der Waals surface area contributed by atoms with Crippen molar-refractivity contribution in [2.75, 3.05) is 39.6 Å². The van der Waals surface area contributed by atoms with Crippen LogP contribution in [0.5, 0.6) is 0 Å². The van der Waals surface area contributed by atoms with Gasteiger partial charge in [-0.15, -0.1) is 0 Å². The van der Waals surface area contributed by atoms with E-state index in [1.165, 1.54) is 161 Å². The first kappa shape index (κ1) is 86.1. The third-order valence-corrected chi connectivity index (χ3v) is 18.2. The first-order valence-corrected chi connectivity index (χ1v) is 39.0. The van der Waals surface area contributed by atoms with Gasteiger partial charge < -0.3 is 33.8 Å². The predicted octanol–water partition coefficient (Wildman–Crippen LogP) is 19.6. The van der Waals surface area contributed by atoms with E-state index in [0.717, 1.165) is 108 Å². The highest BCUT2D eigenvalue weighted by atomic mass is 31.2. The van der Waals surface area contributed by atoms with Crippen molar-refractivity contribution < 1.29 is 80.2 Å². The molecule has 0 aliphatic rings. The van der Waals surface area contributed by atoms with E-state index >= 15 is 0 Å². The van der Waals surface area contributed by atoms with Crippen LogP contribution >= 0.6 is 15.6 Å². The SMILES string of the molecule is CCCCCCCCCCCCCCCCCC(=O)OC[C@H](COP(=O)(O)OC[C@@H](O)COP(=O)(O)OC[C@@H](COC(=O)CCCCCCC)OC(=O)CCCCCCCCC(C)CC)OC(=O)CCCCCCCCCCCCCCCCCC(C)C. The van der Waals surface area contributed by atoms with Crippen molar-refractivity contribution in [1.29, 1.82) is 0 Å². The maximum Gasteiger partial charge on any atom is 0.472 e. The minimum absolute atomic E-state index is 0.102. The van der Waals surface area contributed by atoms with Crippen molar-refractivity contribution >= 4 is 39.5 Å². The zero-order valence-corrected chi connectivity index (χ0v) is 58.8. The Hall–Kier alpha value is -1.94. The fraction of sp³-hybridized carbons (Fsp3) is 0.942. The Morgan fingerprint density at radius 3 is 0.864 bits per heavy atom. The predicted molar refractivity (Wildman–Crippen MR) is 354 cm³/mol. The van der Waals surface area contributed by atoms with Crippen LogP contribution in [0.25, 0.3) is 0 Å². The largest absolute Gasteiger partial charge is 0.472 e. The molecule has 0 aliphatic heterocycles. The van der Waals surface area contributed by atoms with Crippen LogP contribution in [-0.2, 0) is 65.4 Å². The highest BCUT2D eigenvalue weighted by Crippen LogP contribution is 2.45. The van der Waals surface area contributed by atoms with Crippen molar-refractivity contribution in [2.45, 2.75) is 368 Å². The summed E-state index contributed by atoms with van der Waals surface area (Å²) in [6.45, 7) is 9.43. The highest BCUT2D eigenvalue weighted by Gasteiger charge is 2.30. The van der Waals surface area contributed by atoms with E-state index in [2.05, 4.69) is 41.5 Å². The van der Waals surface area contributed by atoms with Gasteiger partial charge in [0.05, 0.1) is 26.4 Å². The molecule has 88 heavy (non-hydrogen) atoms. The Balaban J connectivity index is 5.16. The first-order valence-electron chi connectivity index (χ1n) is 36.0. The Labute approximate surface area is 537 Å². The van der Waals surface area contributed by atoms with E-state index in [9.17, 15) is 43.2 Å². The molecule has 0 saturated heterocycles. The van der Waals surface area contributed by atoms with Crippen molar-refractivity contribution in [3.05, 3.63) is 0 Å². The minimum Gasteiger partial charge on any atom is -0.462 e. The third-order valence-electron chi connectivity index (χ3n) is 16.3. The number of carbonyl (C=O) groups is 4. The molecule has 19 heteroatoms. The molecular weight excluding hydrogens is 1160 g/mol. The van der Waals surface area contributed by atoms with E-state index in [-0.39, 0.29) is 25.7 Å². The van der Waals surface area contributed by atoms with Crippen molar-refractivity contribution in [2.24, 2.45) is 11.8 Å². The maximum atomic E-state index is 13.0. The number of hydrogen-bond acceptors (Lipinski definition) is 15. The monoisotopic (exact) mass is 1300 g/mol. The van der Waals surface area contributed by atoms with Crippen LogP contribution in [0, 0.1) is 11.8 Å². The molecule has 0 heterocycles. The fourth-order valence-corrected chi connectivity index (χ4v) is 12.0. The van der Waals surface area contributed by atoms with Gasteiger partial charge in [-0.2, -0.15) is 0 Å². The number of unbranched alkanes of at least 4 members (excludes halogenated alkanes) is 37. The smallest absolute Gasteiger partial charge is 0.462 e. The van der Waals surface area contributed by atoms with Gasteiger partial charge in [0.25, 0.3) is 0 Å². The van der Waals surface area contributed by atoms with Gasteiger partial charge >= 0.3 is 39.5 Å². The summed E-state index contributed by atoms with van der Waals surface area (Å²) >= 11 is 0. The molecule has 0 saturated carbocycles. The number of hydrogen-bond donors (Lipinski definition) is 3. The lowest BCUT2D eigenvalue weighted by atomic mass is 10.00. The molecule has 6 atom stereocenters. The number of rotatable bonds is 68. The number of aliphatic hydroxyl groups is 1. The number of phosphoric acid groups is 2. The van der Waals surface area contributed by atoms with Crippen LogP contribution in [0.4, 0.5) is 0 Å². The molecule has 3 unspecified atom stereocenters. The molecular formula is C69H134O17P2. The number of phosphoric ester groups is 2.